The first-order valence-electron chi connectivity index (χ1n) is 6.04. The second kappa shape index (κ2) is 5.60. The number of oxazole rings is 1. The zero-order valence-corrected chi connectivity index (χ0v) is 11.5. The van der Waals surface area contributed by atoms with E-state index in [4.69, 9.17) is 10.2 Å². The maximum atomic E-state index is 11.6. The fourth-order valence-corrected chi connectivity index (χ4v) is 1.72. The summed E-state index contributed by atoms with van der Waals surface area (Å²) in [5, 5.41) is 3.06. The first-order valence-corrected chi connectivity index (χ1v) is 6.04. The highest BCUT2D eigenvalue weighted by Gasteiger charge is 2.17. The Bertz CT molecular complexity index is 624. The van der Waals surface area contributed by atoms with Crippen molar-refractivity contribution in [3.05, 3.63) is 35.7 Å². The molecule has 0 aromatic carbocycles. The number of carbonyl (C=O) groups excluding carboxylic acids is 1. The second-order valence-electron chi connectivity index (χ2n) is 4.29. The number of rotatable bonds is 4. The number of carbonyl (C=O) groups is 1. The third-order valence-electron chi connectivity index (χ3n) is 2.76. The van der Waals surface area contributed by atoms with Crippen LogP contribution in [0.4, 0.5) is 11.5 Å². The average Bonchev–Trinajstić information content (AvgIpc) is 2.87. The van der Waals surface area contributed by atoms with Gasteiger partial charge >= 0.3 is 5.97 Å². The van der Waals surface area contributed by atoms with Crippen molar-refractivity contribution in [2.45, 2.75) is 19.9 Å². The summed E-state index contributed by atoms with van der Waals surface area (Å²) in [6.07, 6.45) is 3.12. The van der Waals surface area contributed by atoms with Crippen molar-refractivity contribution in [1.29, 1.82) is 0 Å². The number of ether oxygens (including phenoxy) is 1. The summed E-state index contributed by atoms with van der Waals surface area (Å²) in [4.78, 5) is 19.8. The molecule has 20 heavy (non-hydrogen) atoms. The monoisotopic (exact) mass is 276 g/mol. The first-order chi connectivity index (χ1) is 9.52. The molecule has 0 aliphatic heterocycles. The van der Waals surface area contributed by atoms with E-state index in [-0.39, 0.29) is 17.3 Å². The molecule has 7 heteroatoms. The quantitative estimate of drug-likeness (QED) is 0.822. The zero-order chi connectivity index (χ0) is 14.7. The van der Waals surface area contributed by atoms with Crippen molar-refractivity contribution in [3.63, 3.8) is 0 Å². The second-order valence-corrected chi connectivity index (χ2v) is 4.29. The number of aromatic nitrogens is 2. The number of esters is 1. The highest BCUT2D eigenvalue weighted by molar-refractivity contribution is 5.97. The molecule has 0 aliphatic carbocycles. The molecule has 0 saturated carbocycles. The van der Waals surface area contributed by atoms with Crippen LogP contribution in [-0.4, -0.2) is 23.0 Å². The van der Waals surface area contributed by atoms with Crippen molar-refractivity contribution < 1.29 is 13.9 Å². The molecule has 0 radical (unpaired) electrons. The third kappa shape index (κ3) is 2.71. The van der Waals surface area contributed by atoms with Crippen LogP contribution in [0.25, 0.3) is 0 Å². The van der Waals surface area contributed by atoms with Crippen LogP contribution in [0.1, 0.15) is 35.0 Å². The number of nitrogens with two attached hydrogens (primary N) is 1. The van der Waals surface area contributed by atoms with E-state index in [0.29, 0.717) is 11.7 Å². The van der Waals surface area contributed by atoms with Crippen molar-refractivity contribution in [2.75, 3.05) is 18.2 Å². The van der Waals surface area contributed by atoms with E-state index in [0.717, 1.165) is 5.76 Å². The minimum Gasteiger partial charge on any atom is -0.465 e. The van der Waals surface area contributed by atoms with Crippen LogP contribution in [0.5, 0.6) is 0 Å². The Kier molecular flexibility index (Phi) is 3.88. The molecule has 2 heterocycles. The van der Waals surface area contributed by atoms with E-state index >= 15 is 0 Å². The standard InChI is InChI=1S/C13H16N4O3/c1-7-6-16-12(20-7)8(2)17-11-10(14)9(4-5-15-11)13(18)19-3/h4-6,8H,14H2,1-3H3,(H,15,17). The summed E-state index contributed by atoms with van der Waals surface area (Å²) >= 11 is 0. The lowest BCUT2D eigenvalue weighted by atomic mass is 10.2. The summed E-state index contributed by atoms with van der Waals surface area (Å²) in [7, 11) is 1.30. The summed E-state index contributed by atoms with van der Waals surface area (Å²) in [5.74, 6) is 1.12. The molecule has 0 fully saturated rings. The fourth-order valence-electron chi connectivity index (χ4n) is 1.72. The smallest absolute Gasteiger partial charge is 0.340 e. The predicted octanol–water partition coefficient (Wildman–Crippen LogP) is 1.92. The number of nitrogens with zero attached hydrogens (tertiary/aromatic N) is 2. The van der Waals surface area contributed by atoms with Crippen LogP contribution in [0.2, 0.25) is 0 Å². The number of hydrogen-bond acceptors (Lipinski definition) is 7. The van der Waals surface area contributed by atoms with Crippen molar-refractivity contribution in [1.82, 2.24) is 9.97 Å². The lowest BCUT2D eigenvalue weighted by Gasteiger charge is -2.14. The topological polar surface area (TPSA) is 103 Å². The molecule has 106 valence electrons. The Morgan fingerprint density at radius 1 is 1.50 bits per heavy atom. The van der Waals surface area contributed by atoms with Gasteiger partial charge in [-0.3, -0.25) is 0 Å². The van der Waals surface area contributed by atoms with Gasteiger partial charge in [-0.1, -0.05) is 0 Å². The lowest BCUT2D eigenvalue weighted by Crippen LogP contribution is -2.13. The Hall–Kier alpha value is -2.57. The van der Waals surface area contributed by atoms with Gasteiger partial charge in [0.15, 0.2) is 5.82 Å². The van der Waals surface area contributed by atoms with E-state index in [9.17, 15) is 4.79 Å². The number of methoxy groups -OCH3 is 1. The van der Waals surface area contributed by atoms with Crippen LogP contribution in [0, 0.1) is 6.92 Å². The van der Waals surface area contributed by atoms with Gasteiger partial charge in [-0.2, -0.15) is 0 Å². The maximum absolute atomic E-state index is 11.6. The van der Waals surface area contributed by atoms with Crippen LogP contribution in [-0.2, 0) is 4.74 Å². The van der Waals surface area contributed by atoms with E-state index in [1.807, 2.05) is 13.8 Å². The first kappa shape index (κ1) is 13.9. The van der Waals surface area contributed by atoms with Gasteiger partial charge in [0.05, 0.1) is 24.6 Å². The number of anilines is 2. The van der Waals surface area contributed by atoms with Gasteiger partial charge in [0.2, 0.25) is 5.89 Å². The number of nitrogen functional groups attached to an aromatic ring is 1. The Morgan fingerprint density at radius 3 is 2.85 bits per heavy atom. The van der Waals surface area contributed by atoms with Gasteiger partial charge in [-0.15, -0.1) is 0 Å². The minimum atomic E-state index is -0.507. The minimum absolute atomic E-state index is 0.230. The van der Waals surface area contributed by atoms with E-state index < -0.39 is 5.97 Å². The Balaban J connectivity index is 2.23. The molecule has 0 aliphatic rings. The molecule has 1 atom stereocenters. The third-order valence-corrected chi connectivity index (χ3v) is 2.76. The Morgan fingerprint density at radius 2 is 2.25 bits per heavy atom. The van der Waals surface area contributed by atoms with Gasteiger partial charge in [-0.05, 0) is 19.9 Å². The van der Waals surface area contributed by atoms with E-state index in [1.165, 1.54) is 19.4 Å². The van der Waals surface area contributed by atoms with Gasteiger partial charge in [0.25, 0.3) is 0 Å². The SMILES string of the molecule is COC(=O)c1ccnc(NC(C)c2ncc(C)o2)c1N. The molecule has 0 spiro atoms. The number of pyridine rings is 1. The van der Waals surface area contributed by atoms with Crippen LogP contribution in [0.15, 0.2) is 22.9 Å². The van der Waals surface area contributed by atoms with Gasteiger partial charge in [0, 0.05) is 6.20 Å². The number of aryl methyl sites for hydroxylation is 1. The van der Waals surface area contributed by atoms with Crippen molar-refractivity contribution >= 4 is 17.5 Å². The van der Waals surface area contributed by atoms with Crippen LogP contribution >= 0.6 is 0 Å². The molecule has 2 aromatic rings. The normalized spacial score (nSPS) is 11.9. The summed E-state index contributed by atoms with van der Waals surface area (Å²) in [6, 6.07) is 1.28. The van der Waals surface area contributed by atoms with Crippen LogP contribution < -0.4 is 11.1 Å². The molecular formula is C13H16N4O3. The van der Waals surface area contributed by atoms with Gasteiger partial charge in [-0.25, -0.2) is 14.8 Å². The number of hydrogen-bond donors (Lipinski definition) is 2. The maximum Gasteiger partial charge on any atom is 0.340 e. The van der Waals surface area contributed by atoms with E-state index in [2.05, 4.69) is 20.0 Å². The number of nitrogens with one attached hydrogen (secondary N) is 1. The van der Waals surface area contributed by atoms with Crippen molar-refractivity contribution in [3.8, 4) is 0 Å². The molecular weight excluding hydrogens is 260 g/mol. The molecule has 1 unspecified atom stereocenters. The molecule has 0 bridgehead atoms. The van der Waals surface area contributed by atoms with Gasteiger partial charge in [0.1, 0.15) is 11.8 Å². The highest BCUT2D eigenvalue weighted by atomic mass is 16.5. The molecule has 2 rings (SSSR count). The highest BCUT2D eigenvalue weighted by Crippen LogP contribution is 2.25. The van der Waals surface area contributed by atoms with Gasteiger partial charge < -0.3 is 20.2 Å². The molecule has 0 amide bonds. The average molecular weight is 276 g/mol. The van der Waals surface area contributed by atoms with Crippen LogP contribution in [0.3, 0.4) is 0 Å². The molecule has 7 nitrogen and oxygen atoms in total. The van der Waals surface area contributed by atoms with Crippen molar-refractivity contribution in [2.24, 2.45) is 0 Å². The Labute approximate surface area is 116 Å². The predicted molar refractivity (Wildman–Crippen MR) is 73.3 cm³/mol. The summed E-state index contributed by atoms with van der Waals surface area (Å²) in [5.41, 5.74) is 6.41. The van der Waals surface area contributed by atoms with E-state index in [1.54, 1.807) is 6.20 Å². The summed E-state index contributed by atoms with van der Waals surface area (Å²) in [6.45, 7) is 3.67. The molecule has 2 aromatic heterocycles. The zero-order valence-electron chi connectivity index (χ0n) is 11.5. The molecule has 3 N–H and O–H groups in total. The largest absolute Gasteiger partial charge is 0.465 e. The molecule has 0 saturated heterocycles. The fraction of sp³-hybridized carbons (Fsp3) is 0.308. The lowest BCUT2D eigenvalue weighted by molar-refractivity contribution is 0.0602. The summed E-state index contributed by atoms with van der Waals surface area (Å²) < 4.78 is 10.1.